The van der Waals surface area contributed by atoms with E-state index in [1.807, 2.05) is 23.9 Å². The minimum atomic E-state index is 0.847. The smallest absolute Gasteiger partial charge is 0.107 e. The maximum Gasteiger partial charge on any atom is 0.107 e. The molecule has 0 aliphatic carbocycles. The number of thiazole rings is 1. The highest BCUT2D eigenvalue weighted by atomic mass is 32.1. The van der Waals surface area contributed by atoms with Crippen LogP contribution in [0, 0.1) is 6.92 Å². The maximum absolute atomic E-state index is 4.38. The fourth-order valence-corrected chi connectivity index (χ4v) is 2.05. The lowest BCUT2D eigenvalue weighted by molar-refractivity contribution is 0.554. The summed E-state index contributed by atoms with van der Waals surface area (Å²) >= 11 is 1.70. The average molecular weight is 222 g/mol. The van der Waals surface area contributed by atoms with Crippen LogP contribution in [0.2, 0.25) is 0 Å². The van der Waals surface area contributed by atoms with Gasteiger partial charge in [-0.05, 0) is 13.0 Å². The molecule has 0 unspecified atom stereocenters. The van der Waals surface area contributed by atoms with E-state index in [1.165, 1.54) is 0 Å². The summed E-state index contributed by atoms with van der Waals surface area (Å²) in [4.78, 5) is 4.38. The highest BCUT2D eigenvalue weighted by Gasteiger charge is 1.97. The lowest BCUT2D eigenvalue weighted by Crippen LogP contribution is -2.19. The molecule has 0 aliphatic heterocycles. The van der Waals surface area contributed by atoms with Crippen LogP contribution in [0.15, 0.2) is 23.8 Å². The van der Waals surface area contributed by atoms with Crippen molar-refractivity contribution < 1.29 is 0 Å². The number of aryl methyl sites for hydroxylation is 1. The van der Waals surface area contributed by atoms with E-state index in [0.717, 1.165) is 30.3 Å². The Kier molecular flexibility index (Phi) is 3.47. The molecule has 0 aromatic carbocycles. The van der Waals surface area contributed by atoms with Crippen LogP contribution >= 0.6 is 11.3 Å². The van der Waals surface area contributed by atoms with Crippen molar-refractivity contribution in [3.05, 3.63) is 34.5 Å². The first-order valence-corrected chi connectivity index (χ1v) is 5.82. The van der Waals surface area contributed by atoms with Gasteiger partial charge in [0.1, 0.15) is 5.01 Å². The molecular weight excluding hydrogens is 208 g/mol. The molecule has 2 aromatic heterocycles. The molecule has 0 fully saturated rings. The first-order valence-electron chi connectivity index (χ1n) is 4.94. The van der Waals surface area contributed by atoms with E-state index < -0.39 is 0 Å². The van der Waals surface area contributed by atoms with Crippen LogP contribution in [-0.4, -0.2) is 21.3 Å². The van der Waals surface area contributed by atoms with Gasteiger partial charge in [-0.15, -0.1) is 11.3 Å². The molecule has 1 N–H and O–H groups in total. The van der Waals surface area contributed by atoms with Gasteiger partial charge in [-0.2, -0.15) is 5.10 Å². The molecule has 2 heterocycles. The minimum Gasteiger partial charge on any atom is -0.309 e. The SMILES string of the molecule is Cc1csc(CNCCn2cccn2)n1. The van der Waals surface area contributed by atoms with Crippen molar-refractivity contribution in [2.45, 2.75) is 20.0 Å². The lowest BCUT2D eigenvalue weighted by Gasteiger charge is -2.02. The Balaban J connectivity index is 1.67. The number of rotatable bonds is 5. The molecule has 0 atom stereocenters. The Labute approximate surface area is 93.0 Å². The number of nitrogens with one attached hydrogen (secondary N) is 1. The third-order valence-electron chi connectivity index (χ3n) is 2.02. The average Bonchev–Trinajstić information content (AvgIpc) is 2.84. The minimum absolute atomic E-state index is 0.847. The number of aromatic nitrogens is 3. The number of hydrogen-bond acceptors (Lipinski definition) is 4. The molecule has 2 rings (SSSR count). The highest BCUT2D eigenvalue weighted by molar-refractivity contribution is 7.09. The summed E-state index contributed by atoms with van der Waals surface area (Å²) in [5, 5.41) is 10.7. The molecular formula is C10H14N4S. The van der Waals surface area contributed by atoms with E-state index in [1.54, 1.807) is 17.5 Å². The summed E-state index contributed by atoms with van der Waals surface area (Å²) in [6, 6.07) is 1.93. The van der Waals surface area contributed by atoms with Crippen LogP contribution < -0.4 is 5.32 Å². The second kappa shape index (κ2) is 5.04. The first-order chi connectivity index (χ1) is 7.34. The summed E-state index contributed by atoms with van der Waals surface area (Å²) in [5.41, 5.74) is 1.10. The summed E-state index contributed by atoms with van der Waals surface area (Å²) < 4.78 is 1.92. The molecule has 4 nitrogen and oxygen atoms in total. The molecule has 0 spiro atoms. The molecule has 0 saturated heterocycles. The second-order valence-electron chi connectivity index (χ2n) is 3.33. The summed E-state index contributed by atoms with van der Waals surface area (Å²) in [7, 11) is 0. The van der Waals surface area contributed by atoms with Gasteiger partial charge in [0.25, 0.3) is 0 Å². The number of nitrogens with zero attached hydrogens (tertiary/aromatic N) is 3. The molecule has 2 aromatic rings. The van der Waals surface area contributed by atoms with Crippen molar-refractivity contribution in [1.82, 2.24) is 20.1 Å². The van der Waals surface area contributed by atoms with Crippen molar-refractivity contribution in [2.24, 2.45) is 0 Å². The van der Waals surface area contributed by atoms with Crippen molar-refractivity contribution in [3.8, 4) is 0 Å². The van der Waals surface area contributed by atoms with E-state index in [2.05, 4.69) is 20.8 Å². The van der Waals surface area contributed by atoms with Crippen molar-refractivity contribution >= 4 is 11.3 Å². The van der Waals surface area contributed by atoms with Crippen LogP contribution in [0.3, 0.4) is 0 Å². The predicted octanol–water partition coefficient (Wildman–Crippen LogP) is 1.44. The quantitative estimate of drug-likeness (QED) is 0.778. The zero-order chi connectivity index (χ0) is 10.5. The monoisotopic (exact) mass is 222 g/mol. The Morgan fingerprint density at radius 1 is 1.53 bits per heavy atom. The van der Waals surface area contributed by atoms with Crippen molar-refractivity contribution in [2.75, 3.05) is 6.54 Å². The van der Waals surface area contributed by atoms with Crippen LogP contribution in [-0.2, 0) is 13.1 Å². The van der Waals surface area contributed by atoms with Gasteiger partial charge in [-0.3, -0.25) is 4.68 Å². The largest absolute Gasteiger partial charge is 0.309 e. The molecule has 5 heteroatoms. The standard InChI is InChI=1S/C10H14N4S/c1-9-8-15-10(13-9)7-11-4-6-14-5-2-3-12-14/h2-3,5,8,11H,4,6-7H2,1H3. The third-order valence-corrected chi connectivity index (χ3v) is 2.99. The van der Waals surface area contributed by atoms with Crippen LogP contribution in [0.25, 0.3) is 0 Å². The molecule has 0 saturated carbocycles. The van der Waals surface area contributed by atoms with Crippen molar-refractivity contribution in [3.63, 3.8) is 0 Å². The normalized spacial score (nSPS) is 10.7. The van der Waals surface area contributed by atoms with Gasteiger partial charge in [0.05, 0.1) is 6.54 Å². The summed E-state index contributed by atoms with van der Waals surface area (Å²) in [5.74, 6) is 0. The Morgan fingerprint density at radius 3 is 3.13 bits per heavy atom. The molecule has 80 valence electrons. The molecule has 15 heavy (non-hydrogen) atoms. The van der Waals surface area contributed by atoms with E-state index in [-0.39, 0.29) is 0 Å². The number of hydrogen-bond donors (Lipinski definition) is 1. The zero-order valence-corrected chi connectivity index (χ0v) is 9.50. The van der Waals surface area contributed by atoms with Gasteiger partial charge in [-0.25, -0.2) is 4.98 Å². The van der Waals surface area contributed by atoms with E-state index in [0.29, 0.717) is 0 Å². The van der Waals surface area contributed by atoms with Crippen molar-refractivity contribution in [1.29, 1.82) is 0 Å². The topological polar surface area (TPSA) is 42.7 Å². The van der Waals surface area contributed by atoms with Gasteiger partial charge in [0, 0.05) is 36.6 Å². The molecule has 0 amide bonds. The second-order valence-corrected chi connectivity index (χ2v) is 4.27. The van der Waals surface area contributed by atoms with E-state index in [4.69, 9.17) is 0 Å². The fraction of sp³-hybridized carbons (Fsp3) is 0.400. The Bertz CT molecular complexity index is 393. The van der Waals surface area contributed by atoms with Gasteiger partial charge in [-0.1, -0.05) is 0 Å². The highest BCUT2D eigenvalue weighted by Crippen LogP contribution is 2.07. The lowest BCUT2D eigenvalue weighted by atomic mass is 10.5. The molecule has 0 bridgehead atoms. The first kappa shape index (κ1) is 10.3. The third kappa shape index (κ3) is 3.14. The van der Waals surface area contributed by atoms with Gasteiger partial charge in [0.15, 0.2) is 0 Å². The Hall–Kier alpha value is -1.20. The summed E-state index contributed by atoms with van der Waals surface area (Å²) in [6.07, 6.45) is 3.76. The fourth-order valence-electron chi connectivity index (χ4n) is 1.31. The van der Waals surface area contributed by atoms with Crippen LogP contribution in [0.4, 0.5) is 0 Å². The van der Waals surface area contributed by atoms with Crippen LogP contribution in [0.5, 0.6) is 0 Å². The summed E-state index contributed by atoms with van der Waals surface area (Å²) in [6.45, 7) is 4.68. The molecule has 0 radical (unpaired) electrons. The van der Waals surface area contributed by atoms with Crippen LogP contribution in [0.1, 0.15) is 10.7 Å². The predicted molar refractivity (Wildman–Crippen MR) is 60.8 cm³/mol. The van der Waals surface area contributed by atoms with Gasteiger partial charge >= 0.3 is 0 Å². The van der Waals surface area contributed by atoms with Gasteiger partial charge in [0.2, 0.25) is 0 Å². The Morgan fingerprint density at radius 2 is 2.47 bits per heavy atom. The van der Waals surface area contributed by atoms with E-state index >= 15 is 0 Å². The maximum atomic E-state index is 4.38. The zero-order valence-electron chi connectivity index (χ0n) is 8.68. The van der Waals surface area contributed by atoms with E-state index in [9.17, 15) is 0 Å². The van der Waals surface area contributed by atoms with Gasteiger partial charge < -0.3 is 5.32 Å². The molecule has 0 aliphatic rings.